The molecule has 5 nitrogen and oxygen atoms in total. The van der Waals surface area contributed by atoms with Gasteiger partial charge < -0.3 is 20.3 Å². The van der Waals surface area contributed by atoms with E-state index in [-0.39, 0.29) is 5.92 Å². The molecule has 0 aliphatic heterocycles. The number of carbonyl (C=O) groups is 1. The number of carbonyl (C=O) groups excluding carboxylic acids is 1. The normalized spacial score (nSPS) is 23.9. The molecule has 5 heteroatoms. The Morgan fingerprint density at radius 2 is 1.74 bits per heavy atom. The van der Waals surface area contributed by atoms with Crippen LogP contribution >= 0.6 is 0 Å². The second-order valence-corrected chi connectivity index (χ2v) is 8.31. The van der Waals surface area contributed by atoms with E-state index in [1.165, 1.54) is 19.3 Å². The van der Waals surface area contributed by atoms with Crippen molar-refractivity contribution in [2.24, 2.45) is 11.8 Å². The van der Waals surface area contributed by atoms with Gasteiger partial charge in [-0.1, -0.05) is 32.1 Å². The molecule has 0 aromatic heterocycles. The number of rotatable bonds is 6. The van der Waals surface area contributed by atoms with Crippen LogP contribution < -0.4 is 5.32 Å². The maximum absolute atomic E-state index is 12.1. The molecule has 0 aromatic rings. The van der Waals surface area contributed by atoms with Gasteiger partial charge in [0.2, 0.25) is 0 Å². The van der Waals surface area contributed by atoms with E-state index in [1.807, 2.05) is 20.8 Å². The van der Waals surface area contributed by atoms with Crippen molar-refractivity contribution in [2.45, 2.75) is 96.0 Å². The smallest absolute Gasteiger partial charge is 0.407 e. The summed E-state index contributed by atoms with van der Waals surface area (Å²) in [6, 6.07) is -0.441. The summed E-state index contributed by atoms with van der Waals surface area (Å²) < 4.78 is 5.32. The number of alkyl carbamates (subject to hydrolysis) is 1. The van der Waals surface area contributed by atoms with E-state index < -0.39 is 29.9 Å². The first-order chi connectivity index (χ1) is 10.8. The predicted molar refractivity (Wildman–Crippen MR) is 89.1 cm³/mol. The Balaban J connectivity index is 1.95. The topological polar surface area (TPSA) is 78.8 Å². The van der Waals surface area contributed by atoms with E-state index in [4.69, 9.17) is 4.74 Å². The van der Waals surface area contributed by atoms with Crippen LogP contribution in [0.25, 0.3) is 0 Å². The third-order valence-corrected chi connectivity index (χ3v) is 4.88. The summed E-state index contributed by atoms with van der Waals surface area (Å²) in [5.41, 5.74) is -0.570. The van der Waals surface area contributed by atoms with E-state index in [2.05, 4.69) is 5.32 Å². The molecule has 2 aliphatic carbocycles. The van der Waals surface area contributed by atoms with E-state index in [1.54, 1.807) is 0 Å². The number of hydrogen-bond acceptors (Lipinski definition) is 4. The zero-order valence-electron chi connectivity index (χ0n) is 14.8. The molecule has 23 heavy (non-hydrogen) atoms. The van der Waals surface area contributed by atoms with Gasteiger partial charge in [0.25, 0.3) is 0 Å². The molecule has 0 saturated heterocycles. The van der Waals surface area contributed by atoms with Crippen LogP contribution in [-0.2, 0) is 4.74 Å². The van der Waals surface area contributed by atoms with Gasteiger partial charge in [0.15, 0.2) is 0 Å². The van der Waals surface area contributed by atoms with E-state index in [0.717, 1.165) is 25.7 Å². The molecular weight excluding hydrogens is 294 g/mol. The standard InChI is InChI=1S/C18H33NO4/c1-18(2,3)23-17(22)19-14(11-12-7-5-4-6-8-12)16(21)15(20)13-9-10-13/h12-16,20-21H,4-11H2,1-3H3,(H,19,22)/t14-,15-,16+/m0/s1. The van der Waals surface area contributed by atoms with E-state index >= 15 is 0 Å². The fourth-order valence-electron chi connectivity index (χ4n) is 3.48. The average Bonchev–Trinajstić information content (AvgIpc) is 3.28. The molecule has 3 atom stereocenters. The average molecular weight is 327 g/mol. The largest absolute Gasteiger partial charge is 0.444 e. The quantitative estimate of drug-likeness (QED) is 0.701. The van der Waals surface area contributed by atoms with Crippen molar-refractivity contribution in [1.29, 1.82) is 0 Å². The Bertz CT molecular complexity index is 383. The van der Waals surface area contributed by atoms with E-state index in [9.17, 15) is 15.0 Å². The lowest BCUT2D eigenvalue weighted by atomic mass is 9.82. The number of aliphatic hydroxyl groups excluding tert-OH is 2. The Morgan fingerprint density at radius 1 is 1.13 bits per heavy atom. The fourth-order valence-corrected chi connectivity index (χ4v) is 3.48. The minimum Gasteiger partial charge on any atom is -0.444 e. The van der Waals surface area contributed by atoms with Crippen molar-refractivity contribution >= 4 is 6.09 Å². The lowest BCUT2D eigenvalue weighted by Crippen LogP contribution is -2.51. The second kappa shape index (κ2) is 7.84. The molecule has 134 valence electrons. The highest BCUT2D eigenvalue weighted by Gasteiger charge is 2.39. The first kappa shape index (κ1) is 18.5. The Labute approximate surface area is 139 Å². The summed E-state index contributed by atoms with van der Waals surface area (Å²) in [4.78, 5) is 12.1. The van der Waals surface area contributed by atoms with Gasteiger partial charge in [-0.2, -0.15) is 0 Å². The van der Waals surface area contributed by atoms with Crippen molar-refractivity contribution in [3.8, 4) is 0 Å². The van der Waals surface area contributed by atoms with Gasteiger partial charge in [0.05, 0.1) is 12.1 Å². The lowest BCUT2D eigenvalue weighted by Gasteiger charge is -2.32. The molecule has 2 aliphatic rings. The summed E-state index contributed by atoms with van der Waals surface area (Å²) in [6.07, 6.45) is 6.42. The van der Waals surface area contributed by atoms with Crippen molar-refractivity contribution < 1.29 is 19.7 Å². The van der Waals surface area contributed by atoms with Crippen LogP contribution in [0.4, 0.5) is 4.79 Å². The van der Waals surface area contributed by atoms with Crippen molar-refractivity contribution in [2.75, 3.05) is 0 Å². The summed E-state index contributed by atoms with van der Waals surface area (Å²) in [5, 5.41) is 23.6. The summed E-state index contributed by atoms with van der Waals surface area (Å²) >= 11 is 0. The Kier molecular flexibility index (Phi) is 6.32. The van der Waals surface area contributed by atoms with Crippen LogP contribution in [0.1, 0.15) is 72.1 Å². The zero-order chi connectivity index (χ0) is 17.0. The van der Waals surface area contributed by atoms with Crippen LogP contribution in [0.5, 0.6) is 0 Å². The van der Waals surface area contributed by atoms with Gasteiger partial charge in [-0.15, -0.1) is 0 Å². The van der Waals surface area contributed by atoms with Gasteiger partial charge in [-0.25, -0.2) is 4.79 Å². The first-order valence-electron chi connectivity index (χ1n) is 9.12. The van der Waals surface area contributed by atoms with Crippen molar-refractivity contribution in [3.05, 3.63) is 0 Å². The summed E-state index contributed by atoms with van der Waals surface area (Å²) in [6.45, 7) is 5.45. The Morgan fingerprint density at radius 3 is 2.26 bits per heavy atom. The molecule has 0 radical (unpaired) electrons. The van der Waals surface area contributed by atoms with Gasteiger partial charge in [-0.3, -0.25) is 0 Å². The second-order valence-electron chi connectivity index (χ2n) is 8.31. The minimum atomic E-state index is -0.919. The molecule has 2 rings (SSSR count). The molecule has 0 aromatic carbocycles. The summed E-state index contributed by atoms with van der Waals surface area (Å²) in [7, 11) is 0. The van der Waals surface area contributed by atoms with Gasteiger partial charge >= 0.3 is 6.09 Å². The monoisotopic (exact) mass is 327 g/mol. The van der Waals surface area contributed by atoms with Gasteiger partial charge in [0.1, 0.15) is 11.7 Å². The third kappa shape index (κ3) is 6.30. The molecule has 1 amide bonds. The summed E-state index contributed by atoms with van der Waals surface area (Å²) in [5.74, 6) is 0.684. The lowest BCUT2D eigenvalue weighted by molar-refractivity contribution is -0.0248. The molecular formula is C18H33NO4. The number of aliphatic hydroxyl groups is 2. The number of amides is 1. The van der Waals surface area contributed by atoms with Crippen molar-refractivity contribution in [3.63, 3.8) is 0 Å². The molecule has 0 spiro atoms. The van der Waals surface area contributed by atoms with Crippen LogP contribution in [-0.4, -0.2) is 40.2 Å². The first-order valence-corrected chi connectivity index (χ1v) is 9.12. The van der Waals surface area contributed by atoms with Gasteiger partial charge in [-0.05, 0) is 51.9 Å². The minimum absolute atomic E-state index is 0.180. The number of nitrogens with one attached hydrogen (secondary N) is 1. The molecule has 2 saturated carbocycles. The van der Waals surface area contributed by atoms with Crippen LogP contribution in [0.2, 0.25) is 0 Å². The highest BCUT2D eigenvalue weighted by atomic mass is 16.6. The molecule has 2 fully saturated rings. The Hall–Kier alpha value is -0.810. The molecule has 0 heterocycles. The molecule has 0 unspecified atom stereocenters. The molecule has 0 bridgehead atoms. The SMILES string of the molecule is CC(C)(C)OC(=O)N[C@@H](CC1CCCCC1)[C@@H](O)[C@@H](O)C1CC1. The molecule has 3 N–H and O–H groups in total. The van der Waals surface area contributed by atoms with E-state index in [0.29, 0.717) is 12.3 Å². The third-order valence-electron chi connectivity index (χ3n) is 4.88. The highest BCUT2D eigenvalue weighted by Crippen LogP contribution is 2.36. The number of hydrogen-bond donors (Lipinski definition) is 3. The van der Waals surface area contributed by atoms with Crippen molar-refractivity contribution in [1.82, 2.24) is 5.32 Å². The zero-order valence-corrected chi connectivity index (χ0v) is 14.8. The maximum Gasteiger partial charge on any atom is 0.407 e. The fraction of sp³-hybridized carbons (Fsp3) is 0.944. The predicted octanol–water partition coefficient (Wildman–Crippen LogP) is 2.98. The number of ether oxygens (including phenoxy) is 1. The van der Waals surface area contributed by atoms with Gasteiger partial charge in [0, 0.05) is 0 Å². The van der Waals surface area contributed by atoms with Crippen LogP contribution in [0.15, 0.2) is 0 Å². The van der Waals surface area contributed by atoms with Crippen LogP contribution in [0.3, 0.4) is 0 Å². The van der Waals surface area contributed by atoms with Crippen LogP contribution in [0, 0.1) is 11.8 Å². The highest BCUT2D eigenvalue weighted by molar-refractivity contribution is 5.68. The maximum atomic E-state index is 12.1.